The quantitative estimate of drug-likeness (QED) is 0.911. The molecule has 138 valence electrons. The molecule has 6 heteroatoms. The van der Waals surface area contributed by atoms with Gasteiger partial charge in [-0.05, 0) is 50.5 Å². The summed E-state index contributed by atoms with van der Waals surface area (Å²) in [5.74, 6) is 0.622. The molecule has 1 fully saturated rings. The van der Waals surface area contributed by atoms with E-state index in [1.165, 1.54) is 11.1 Å². The molecule has 2 aliphatic rings. The van der Waals surface area contributed by atoms with Crippen molar-refractivity contribution < 1.29 is 9.32 Å². The molecule has 0 unspecified atom stereocenters. The minimum Gasteiger partial charge on any atom is -0.359 e. The lowest BCUT2D eigenvalue weighted by Gasteiger charge is -2.29. The summed E-state index contributed by atoms with van der Waals surface area (Å²) in [6, 6.07) is 10.6. The number of benzene rings is 1. The van der Waals surface area contributed by atoms with E-state index in [0.717, 1.165) is 51.2 Å². The molecule has 6 nitrogen and oxygen atoms in total. The molecule has 0 spiro atoms. The summed E-state index contributed by atoms with van der Waals surface area (Å²) < 4.78 is 5.42. The Morgan fingerprint density at radius 2 is 2.00 bits per heavy atom. The Hall–Kier alpha value is -2.18. The van der Waals surface area contributed by atoms with Gasteiger partial charge in [0.2, 0.25) is 0 Å². The molecule has 3 heterocycles. The van der Waals surface area contributed by atoms with E-state index in [2.05, 4.69) is 51.6 Å². The van der Waals surface area contributed by atoms with Crippen LogP contribution in [-0.2, 0) is 19.5 Å². The van der Waals surface area contributed by atoms with Gasteiger partial charge >= 0.3 is 0 Å². The zero-order valence-corrected chi connectivity index (χ0v) is 15.3. The summed E-state index contributed by atoms with van der Waals surface area (Å²) in [5.41, 5.74) is 3.19. The molecular formula is C20H26N4O2. The number of fused-ring (bicyclic) bond motifs is 1. The van der Waals surface area contributed by atoms with E-state index in [4.69, 9.17) is 4.52 Å². The second-order valence-electron chi connectivity index (χ2n) is 7.46. The van der Waals surface area contributed by atoms with E-state index in [-0.39, 0.29) is 11.9 Å². The lowest BCUT2D eigenvalue weighted by molar-refractivity contribution is 0.0907. The number of nitrogens with zero attached hydrogens (tertiary/aromatic N) is 3. The largest absolute Gasteiger partial charge is 0.359 e. The maximum Gasteiger partial charge on any atom is 0.273 e. The number of aromatic nitrogens is 1. The van der Waals surface area contributed by atoms with Gasteiger partial charge in [0.15, 0.2) is 11.5 Å². The fraction of sp³-hybridized carbons (Fsp3) is 0.500. The van der Waals surface area contributed by atoms with Crippen LogP contribution in [0.25, 0.3) is 0 Å². The average molecular weight is 354 g/mol. The first-order valence-corrected chi connectivity index (χ1v) is 9.41. The number of piperidine rings is 1. The maximum absolute atomic E-state index is 12.4. The average Bonchev–Trinajstić information content (AvgIpc) is 3.12. The maximum atomic E-state index is 12.4. The van der Waals surface area contributed by atoms with Crippen LogP contribution in [0.5, 0.6) is 0 Å². The predicted molar refractivity (Wildman–Crippen MR) is 98.7 cm³/mol. The highest BCUT2D eigenvalue weighted by molar-refractivity contribution is 5.92. The van der Waals surface area contributed by atoms with Gasteiger partial charge in [0.1, 0.15) is 0 Å². The zero-order valence-electron chi connectivity index (χ0n) is 15.3. The molecule has 1 saturated heterocycles. The molecule has 0 atom stereocenters. The minimum absolute atomic E-state index is 0.126. The molecule has 1 amide bonds. The second-order valence-corrected chi connectivity index (χ2v) is 7.46. The van der Waals surface area contributed by atoms with Crippen molar-refractivity contribution in [1.29, 1.82) is 0 Å². The van der Waals surface area contributed by atoms with Crippen molar-refractivity contribution in [2.24, 2.45) is 0 Å². The van der Waals surface area contributed by atoms with E-state index in [9.17, 15) is 4.79 Å². The monoisotopic (exact) mass is 354 g/mol. The molecule has 4 rings (SSSR count). The summed E-state index contributed by atoms with van der Waals surface area (Å²) >= 11 is 0. The molecule has 0 saturated carbocycles. The summed E-state index contributed by atoms with van der Waals surface area (Å²) in [7, 11) is 2.11. The number of hydrogen-bond donors (Lipinski definition) is 1. The fourth-order valence-corrected chi connectivity index (χ4v) is 3.82. The third kappa shape index (κ3) is 3.97. The number of likely N-dealkylation sites (tertiary alicyclic amines) is 1. The first-order chi connectivity index (χ1) is 12.7. The summed E-state index contributed by atoms with van der Waals surface area (Å²) in [4.78, 5) is 17.0. The smallest absolute Gasteiger partial charge is 0.273 e. The highest BCUT2D eigenvalue weighted by Crippen LogP contribution is 2.20. The standard InChI is InChI=1S/C20H26N4O2/c1-23-9-7-17(8-10-23)21-20(25)19-12-18(26-22-19)14-24-11-6-15-4-2-3-5-16(15)13-24/h2-5,12,17H,6-11,13-14H2,1H3,(H,21,25). The molecule has 2 aliphatic heterocycles. The van der Waals surface area contributed by atoms with E-state index in [1.807, 2.05) is 0 Å². The van der Waals surface area contributed by atoms with E-state index < -0.39 is 0 Å². The number of carbonyl (C=O) groups is 1. The Bertz CT molecular complexity index is 765. The number of rotatable bonds is 4. The molecule has 2 aromatic rings. The van der Waals surface area contributed by atoms with Crippen molar-refractivity contribution in [1.82, 2.24) is 20.3 Å². The Kier molecular flexibility index (Phi) is 5.04. The Labute approximate surface area is 154 Å². The third-order valence-corrected chi connectivity index (χ3v) is 5.43. The SMILES string of the molecule is CN1CCC(NC(=O)c2cc(CN3CCc4ccccc4C3)on2)CC1. The first-order valence-electron chi connectivity index (χ1n) is 9.41. The van der Waals surface area contributed by atoms with Crippen LogP contribution in [0.4, 0.5) is 0 Å². The van der Waals surface area contributed by atoms with Crippen LogP contribution in [-0.4, -0.2) is 53.6 Å². The van der Waals surface area contributed by atoms with Crippen molar-refractivity contribution in [3.63, 3.8) is 0 Å². The Morgan fingerprint density at radius 1 is 1.23 bits per heavy atom. The van der Waals surface area contributed by atoms with Crippen LogP contribution in [0.1, 0.15) is 40.2 Å². The van der Waals surface area contributed by atoms with Gasteiger partial charge in [-0.3, -0.25) is 9.69 Å². The number of hydrogen-bond acceptors (Lipinski definition) is 5. The summed E-state index contributed by atoms with van der Waals surface area (Å²) in [6.45, 7) is 4.63. The van der Waals surface area contributed by atoms with Gasteiger partial charge in [0.25, 0.3) is 5.91 Å². The molecule has 26 heavy (non-hydrogen) atoms. The first kappa shape index (κ1) is 17.2. The molecule has 1 aromatic heterocycles. The van der Waals surface area contributed by atoms with Gasteiger partial charge < -0.3 is 14.7 Å². The molecule has 1 aromatic carbocycles. The van der Waals surface area contributed by atoms with Crippen molar-refractivity contribution in [2.75, 3.05) is 26.7 Å². The normalized spacial score (nSPS) is 19.3. The lowest BCUT2D eigenvalue weighted by atomic mass is 10.00. The van der Waals surface area contributed by atoms with Gasteiger partial charge in [-0.2, -0.15) is 0 Å². The van der Waals surface area contributed by atoms with E-state index in [0.29, 0.717) is 12.2 Å². The highest BCUT2D eigenvalue weighted by Gasteiger charge is 2.22. The lowest BCUT2D eigenvalue weighted by Crippen LogP contribution is -2.43. The number of nitrogens with one attached hydrogen (secondary N) is 1. The van der Waals surface area contributed by atoms with Gasteiger partial charge in [0.05, 0.1) is 6.54 Å². The van der Waals surface area contributed by atoms with Gasteiger partial charge in [-0.15, -0.1) is 0 Å². The van der Waals surface area contributed by atoms with Crippen molar-refractivity contribution in [3.05, 3.63) is 52.9 Å². The van der Waals surface area contributed by atoms with Crippen LogP contribution in [0.2, 0.25) is 0 Å². The van der Waals surface area contributed by atoms with E-state index >= 15 is 0 Å². The van der Waals surface area contributed by atoms with Crippen LogP contribution in [0.15, 0.2) is 34.9 Å². The fourth-order valence-electron chi connectivity index (χ4n) is 3.82. The van der Waals surface area contributed by atoms with E-state index in [1.54, 1.807) is 6.07 Å². The number of amides is 1. The summed E-state index contributed by atoms with van der Waals surface area (Å²) in [6.07, 6.45) is 3.02. The van der Waals surface area contributed by atoms with Crippen LogP contribution in [0, 0.1) is 0 Å². The molecule has 1 N–H and O–H groups in total. The predicted octanol–water partition coefficient (Wildman–Crippen LogP) is 2.06. The van der Waals surface area contributed by atoms with Crippen molar-refractivity contribution >= 4 is 5.91 Å². The van der Waals surface area contributed by atoms with Crippen LogP contribution >= 0.6 is 0 Å². The summed E-state index contributed by atoms with van der Waals surface area (Å²) in [5, 5.41) is 7.07. The molecular weight excluding hydrogens is 328 g/mol. The minimum atomic E-state index is -0.126. The van der Waals surface area contributed by atoms with Gasteiger partial charge in [0, 0.05) is 25.2 Å². The third-order valence-electron chi connectivity index (χ3n) is 5.43. The molecule has 0 aliphatic carbocycles. The topological polar surface area (TPSA) is 61.6 Å². The molecule has 0 bridgehead atoms. The molecule has 0 radical (unpaired) electrons. The van der Waals surface area contributed by atoms with Crippen LogP contribution < -0.4 is 5.32 Å². The second kappa shape index (κ2) is 7.60. The van der Waals surface area contributed by atoms with Crippen LogP contribution in [0.3, 0.4) is 0 Å². The highest BCUT2D eigenvalue weighted by atomic mass is 16.5. The van der Waals surface area contributed by atoms with Crippen molar-refractivity contribution in [3.8, 4) is 0 Å². The van der Waals surface area contributed by atoms with Gasteiger partial charge in [-0.1, -0.05) is 29.4 Å². The van der Waals surface area contributed by atoms with Gasteiger partial charge in [-0.25, -0.2) is 0 Å². The number of carbonyl (C=O) groups excluding carboxylic acids is 1. The zero-order chi connectivity index (χ0) is 17.9. The van der Waals surface area contributed by atoms with Crippen molar-refractivity contribution in [2.45, 2.75) is 38.4 Å². The Morgan fingerprint density at radius 3 is 2.81 bits per heavy atom. The Balaban J connectivity index is 1.32.